The van der Waals surface area contributed by atoms with E-state index in [0.717, 1.165) is 0 Å². The van der Waals surface area contributed by atoms with E-state index in [1.165, 1.54) is 39.0 Å². The summed E-state index contributed by atoms with van der Waals surface area (Å²) in [5, 5.41) is 3.38. The summed E-state index contributed by atoms with van der Waals surface area (Å²) >= 11 is 5.87. The second kappa shape index (κ2) is 8.18. The molecular weight excluding hydrogens is 302 g/mol. The first-order valence-electron chi connectivity index (χ1n) is 7.76. The maximum absolute atomic E-state index is 11.9. The summed E-state index contributed by atoms with van der Waals surface area (Å²) < 4.78 is 5.46. The van der Waals surface area contributed by atoms with Crippen LogP contribution < -0.4 is 10.1 Å². The molecule has 0 saturated heterocycles. The molecule has 1 N–H and O–H groups in total. The highest BCUT2D eigenvalue weighted by Crippen LogP contribution is 2.24. The molecule has 120 valence electrons. The second-order valence-electron chi connectivity index (χ2n) is 5.79. The average molecular weight is 324 g/mol. The molecule has 1 aliphatic carbocycles. The van der Waals surface area contributed by atoms with Crippen molar-refractivity contribution in [3.8, 4) is 5.75 Å². The first kappa shape index (κ1) is 16.8. The summed E-state index contributed by atoms with van der Waals surface area (Å²) in [6.45, 7) is 2.07. The Morgan fingerprint density at radius 2 is 2.00 bits per heavy atom. The van der Waals surface area contributed by atoms with Crippen molar-refractivity contribution in [1.82, 2.24) is 5.32 Å². The fraction of sp³-hybridized carbons (Fsp3) is 0.529. The number of nitrogens with one attached hydrogen (secondary N) is 1. The number of carbonyl (C=O) groups is 2. The van der Waals surface area contributed by atoms with Crippen LogP contribution in [-0.4, -0.2) is 24.8 Å². The number of rotatable bonds is 6. The zero-order valence-corrected chi connectivity index (χ0v) is 13.6. The van der Waals surface area contributed by atoms with Gasteiger partial charge >= 0.3 is 0 Å². The highest BCUT2D eigenvalue weighted by Gasteiger charge is 2.15. The first-order chi connectivity index (χ1) is 10.6. The van der Waals surface area contributed by atoms with Gasteiger partial charge < -0.3 is 10.1 Å². The molecule has 0 unspecified atom stereocenters. The van der Waals surface area contributed by atoms with Gasteiger partial charge in [0.1, 0.15) is 5.75 Å². The number of halogens is 1. The SMILES string of the molecule is CC(=O)c1cc(Cl)ccc1OCC(=O)NCC1CCCCC1. The number of carbonyl (C=O) groups excluding carboxylic acids is 2. The van der Waals surface area contributed by atoms with E-state index in [9.17, 15) is 9.59 Å². The lowest BCUT2D eigenvalue weighted by Gasteiger charge is -2.21. The van der Waals surface area contributed by atoms with Crippen LogP contribution in [-0.2, 0) is 4.79 Å². The minimum atomic E-state index is -0.157. The Morgan fingerprint density at radius 3 is 2.68 bits per heavy atom. The molecule has 1 aromatic rings. The van der Waals surface area contributed by atoms with E-state index < -0.39 is 0 Å². The molecule has 0 spiro atoms. The van der Waals surface area contributed by atoms with Crippen molar-refractivity contribution in [2.75, 3.05) is 13.2 Å². The maximum Gasteiger partial charge on any atom is 0.257 e. The Morgan fingerprint density at radius 1 is 1.27 bits per heavy atom. The number of hydrogen-bond donors (Lipinski definition) is 1. The zero-order valence-electron chi connectivity index (χ0n) is 12.9. The molecule has 1 fully saturated rings. The lowest BCUT2D eigenvalue weighted by atomic mass is 9.89. The highest BCUT2D eigenvalue weighted by atomic mass is 35.5. The second-order valence-corrected chi connectivity index (χ2v) is 6.23. The lowest BCUT2D eigenvalue weighted by Crippen LogP contribution is -2.33. The largest absolute Gasteiger partial charge is 0.483 e. The fourth-order valence-corrected chi connectivity index (χ4v) is 2.92. The summed E-state index contributed by atoms with van der Waals surface area (Å²) in [6.07, 6.45) is 6.19. The number of ether oxygens (including phenoxy) is 1. The summed E-state index contributed by atoms with van der Waals surface area (Å²) in [7, 11) is 0. The van der Waals surface area contributed by atoms with E-state index >= 15 is 0 Å². The van der Waals surface area contributed by atoms with Crippen LogP contribution >= 0.6 is 11.6 Å². The average Bonchev–Trinajstić information content (AvgIpc) is 2.52. The number of benzene rings is 1. The van der Waals surface area contributed by atoms with Gasteiger partial charge in [-0.2, -0.15) is 0 Å². The van der Waals surface area contributed by atoms with Crippen molar-refractivity contribution >= 4 is 23.3 Å². The van der Waals surface area contributed by atoms with Gasteiger partial charge in [-0.3, -0.25) is 9.59 Å². The third-order valence-electron chi connectivity index (χ3n) is 3.99. The van der Waals surface area contributed by atoms with Crippen molar-refractivity contribution in [1.29, 1.82) is 0 Å². The Labute approximate surface area is 136 Å². The van der Waals surface area contributed by atoms with Gasteiger partial charge in [0.05, 0.1) is 5.56 Å². The molecule has 2 rings (SSSR count). The van der Waals surface area contributed by atoms with E-state index in [0.29, 0.717) is 28.8 Å². The van der Waals surface area contributed by atoms with Crippen LogP contribution in [0.2, 0.25) is 5.02 Å². The van der Waals surface area contributed by atoms with Gasteiger partial charge in [-0.05, 0) is 43.9 Å². The summed E-state index contributed by atoms with van der Waals surface area (Å²) in [5.74, 6) is 0.681. The smallest absolute Gasteiger partial charge is 0.257 e. The van der Waals surface area contributed by atoms with Gasteiger partial charge in [-0.25, -0.2) is 0 Å². The fourth-order valence-electron chi connectivity index (χ4n) is 2.75. The maximum atomic E-state index is 11.9. The Kier molecular flexibility index (Phi) is 6.25. The molecule has 5 heteroatoms. The summed E-state index contributed by atoms with van der Waals surface area (Å²) in [4.78, 5) is 23.4. The minimum Gasteiger partial charge on any atom is -0.483 e. The van der Waals surface area contributed by atoms with E-state index in [-0.39, 0.29) is 18.3 Å². The molecule has 0 atom stereocenters. The van der Waals surface area contributed by atoms with Crippen LogP contribution in [0.4, 0.5) is 0 Å². The molecule has 22 heavy (non-hydrogen) atoms. The minimum absolute atomic E-state index is 0.0887. The summed E-state index contributed by atoms with van der Waals surface area (Å²) in [5.41, 5.74) is 0.396. The first-order valence-corrected chi connectivity index (χ1v) is 8.14. The molecule has 1 aromatic carbocycles. The van der Waals surface area contributed by atoms with Gasteiger partial charge in [-0.1, -0.05) is 30.9 Å². The predicted molar refractivity (Wildman–Crippen MR) is 86.5 cm³/mol. The quantitative estimate of drug-likeness (QED) is 0.813. The standard InChI is InChI=1S/C17H22ClNO3/c1-12(20)15-9-14(18)7-8-16(15)22-11-17(21)19-10-13-5-3-2-4-6-13/h7-9,13H,2-6,10-11H2,1H3,(H,19,21). The summed E-state index contributed by atoms with van der Waals surface area (Å²) in [6, 6.07) is 4.82. The topological polar surface area (TPSA) is 55.4 Å². The molecule has 1 amide bonds. The van der Waals surface area contributed by atoms with Crippen LogP contribution in [0.25, 0.3) is 0 Å². The Hall–Kier alpha value is -1.55. The van der Waals surface area contributed by atoms with Crippen molar-refractivity contribution in [3.63, 3.8) is 0 Å². The number of ketones is 1. The monoisotopic (exact) mass is 323 g/mol. The van der Waals surface area contributed by atoms with Gasteiger partial charge in [0.2, 0.25) is 0 Å². The molecule has 0 bridgehead atoms. The molecule has 0 radical (unpaired) electrons. The number of hydrogen-bond acceptors (Lipinski definition) is 3. The van der Waals surface area contributed by atoms with Gasteiger partial charge in [0, 0.05) is 11.6 Å². The Balaban J connectivity index is 1.82. The van der Waals surface area contributed by atoms with Crippen LogP contribution in [0.15, 0.2) is 18.2 Å². The van der Waals surface area contributed by atoms with E-state index in [2.05, 4.69) is 5.32 Å². The lowest BCUT2D eigenvalue weighted by molar-refractivity contribution is -0.123. The van der Waals surface area contributed by atoms with Crippen LogP contribution in [0, 0.1) is 5.92 Å². The molecule has 4 nitrogen and oxygen atoms in total. The third-order valence-corrected chi connectivity index (χ3v) is 4.23. The third kappa shape index (κ3) is 5.02. The zero-order chi connectivity index (χ0) is 15.9. The van der Waals surface area contributed by atoms with Crippen molar-refractivity contribution in [3.05, 3.63) is 28.8 Å². The highest BCUT2D eigenvalue weighted by molar-refractivity contribution is 6.31. The van der Waals surface area contributed by atoms with E-state index in [1.807, 2.05) is 0 Å². The molecule has 0 aromatic heterocycles. The van der Waals surface area contributed by atoms with Crippen molar-refractivity contribution in [2.24, 2.45) is 5.92 Å². The van der Waals surface area contributed by atoms with Crippen LogP contribution in [0.3, 0.4) is 0 Å². The van der Waals surface area contributed by atoms with Crippen LogP contribution in [0.5, 0.6) is 5.75 Å². The normalized spacial score (nSPS) is 15.4. The Bertz CT molecular complexity index is 539. The van der Waals surface area contributed by atoms with Crippen molar-refractivity contribution < 1.29 is 14.3 Å². The van der Waals surface area contributed by atoms with Gasteiger partial charge in [0.15, 0.2) is 12.4 Å². The number of Topliss-reactive ketones (excluding diaryl/α,β-unsaturated/α-hetero) is 1. The van der Waals surface area contributed by atoms with E-state index in [4.69, 9.17) is 16.3 Å². The van der Waals surface area contributed by atoms with Gasteiger partial charge in [0.25, 0.3) is 5.91 Å². The van der Waals surface area contributed by atoms with E-state index in [1.54, 1.807) is 18.2 Å². The molecular formula is C17H22ClNO3. The van der Waals surface area contributed by atoms with Crippen LogP contribution in [0.1, 0.15) is 49.4 Å². The molecule has 1 saturated carbocycles. The predicted octanol–water partition coefficient (Wildman–Crippen LogP) is 3.62. The number of amides is 1. The molecule has 0 aliphatic heterocycles. The van der Waals surface area contributed by atoms with Crippen molar-refractivity contribution in [2.45, 2.75) is 39.0 Å². The molecule has 0 heterocycles. The van der Waals surface area contributed by atoms with Gasteiger partial charge in [-0.15, -0.1) is 0 Å². The molecule has 1 aliphatic rings.